The van der Waals surface area contributed by atoms with Crippen molar-refractivity contribution in [2.45, 2.75) is 18.0 Å². The third-order valence-corrected chi connectivity index (χ3v) is 6.11. The number of benzene rings is 2. The lowest BCUT2D eigenvalue weighted by molar-refractivity contribution is -0.143. The highest BCUT2D eigenvalue weighted by molar-refractivity contribution is 7.15. The lowest BCUT2D eigenvalue weighted by atomic mass is 9.94. The average Bonchev–Trinajstić information content (AvgIpc) is 3.40. The van der Waals surface area contributed by atoms with Gasteiger partial charge in [0.1, 0.15) is 27.7 Å². The lowest BCUT2D eigenvalue weighted by Crippen LogP contribution is -2.58. The second kappa shape index (κ2) is 7.54. The van der Waals surface area contributed by atoms with E-state index in [0.717, 1.165) is 21.6 Å². The van der Waals surface area contributed by atoms with Gasteiger partial charge in [-0.1, -0.05) is 46.9 Å². The topological polar surface area (TPSA) is 98.1 Å². The highest BCUT2D eigenvalue weighted by Gasteiger charge is 2.49. The second-order valence-corrected chi connectivity index (χ2v) is 8.18. The van der Waals surface area contributed by atoms with Crippen LogP contribution in [0.4, 0.5) is 5.13 Å². The van der Waals surface area contributed by atoms with Gasteiger partial charge >= 0.3 is 0 Å². The van der Waals surface area contributed by atoms with Crippen molar-refractivity contribution in [2.75, 3.05) is 12.5 Å². The zero-order chi connectivity index (χ0) is 20.7. The van der Waals surface area contributed by atoms with Crippen LogP contribution in [0.5, 0.6) is 5.75 Å². The summed E-state index contributed by atoms with van der Waals surface area (Å²) in [6, 6.07) is 14.8. The van der Waals surface area contributed by atoms with Gasteiger partial charge in [-0.3, -0.25) is 10.2 Å². The van der Waals surface area contributed by atoms with Gasteiger partial charge in [-0.2, -0.15) is 0 Å². The van der Waals surface area contributed by atoms with Gasteiger partial charge in [0.2, 0.25) is 5.13 Å². The van der Waals surface area contributed by atoms with E-state index in [1.807, 2.05) is 48.5 Å². The van der Waals surface area contributed by atoms with Crippen LogP contribution in [0.15, 0.2) is 48.5 Å². The van der Waals surface area contributed by atoms with E-state index >= 15 is 0 Å². The van der Waals surface area contributed by atoms with Gasteiger partial charge in [0.25, 0.3) is 5.91 Å². The van der Waals surface area contributed by atoms with Gasteiger partial charge in [0, 0.05) is 5.56 Å². The van der Waals surface area contributed by atoms with Crippen LogP contribution in [0.25, 0.3) is 11.0 Å². The number of alkyl halides is 1. The molecule has 1 aliphatic rings. The number of amides is 1. The highest BCUT2D eigenvalue weighted by atomic mass is 35.5. The standard InChI is InChI=1S/C19H16ClN7O2S/c1-29-14-9-5-2-6-11(14)17-16(20)18(28)27(17)24-19-23-22-15(30-19)10-26-13-8-4-3-7-12(13)21-25-26/h2-9,16-17H,10H2,1H3,(H,23,24). The molecule has 1 amide bonds. The van der Waals surface area contributed by atoms with E-state index in [1.165, 1.54) is 16.3 Å². The Morgan fingerprint density at radius 3 is 2.80 bits per heavy atom. The van der Waals surface area contributed by atoms with Gasteiger partial charge in [0.15, 0.2) is 0 Å². The summed E-state index contributed by atoms with van der Waals surface area (Å²) in [5.74, 6) is 0.440. The molecule has 1 fully saturated rings. The molecular weight excluding hydrogens is 426 g/mol. The Labute approximate surface area is 180 Å². The van der Waals surface area contributed by atoms with Crippen molar-refractivity contribution in [1.82, 2.24) is 30.2 Å². The number of hydrazine groups is 1. The predicted molar refractivity (Wildman–Crippen MR) is 112 cm³/mol. The number of β-lactam (4-membered cyclic amide) rings is 1. The fraction of sp³-hybridized carbons (Fsp3) is 0.211. The van der Waals surface area contributed by atoms with E-state index in [9.17, 15) is 4.79 Å². The first-order valence-electron chi connectivity index (χ1n) is 9.13. The number of halogens is 1. The number of para-hydroxylation sites is 2. The van der Waals surface area contributed by atoms with Gasteiger partial charge in [-0.05, 0) is 18.2 Å². The first-order chi connectivity index (χ1) is 14.7. The number of rotatable bonds is 6. The Hall–Kier alpha value is -3.24. The molecule has 3 heterocycles. The molecule has 0 bridgehead atoms. The van der Waals surface area contributed by atoms with E-state index in [-0.39, 0.29) is 11.9 Å². The zero-order valence-corrected chi connectivity index (χ0v) is 17.3. The van der Waals surface area contributed by atoms with Crippen LogP contribution in [-0.2, 0) is 11.3 Å². The maximum absolute atomic E-state index is 12.4. The van der Waals surface area contributed by atoms with E-state index in [1.54, 1.807) is 11.8 Å². The monoisotopic (exact) mass is 441 g/mol. The van der Waals surface area contributed by atoms with E-state index < -0.39 is 5.38 Å². The van der Waals surface area contributed by atoms with E-state index in [2.05, 4.69) is 25.9 Å². The number of nitrogens with zero attached hydrogens (tertiary/aromatic N) is 6. The molecule has 0 aliphatic carbocycles. The fourth-order valence-corrected chi connectivity index (χ4v) is 4.48. The molecule has 1 N–H and O–H groups in total. The first-order valence-corrected chi connectivity index (χ1v) is 10.4. The van der Waals surface area contributed by atoms with Gasteiger partial charge in [-0.15, -0.1) is 26.9 Å². The molecule has 11 heteroatoms. The molecule has 5 rings (SSSR count). The molecule has 2 atom stereocenters. The molecule has 152 valence electrons. The molecule has 1 aliphatic heterocycles. The minimum absolute atomic E-state index is 0.230. The molecular formula is C19H16ClN7O2S. The van der Waals surface area contributed by atoms with Crippen LogP contribution in [0.1, 0.15) is 16.6 Å². The number of hydrogen-bond donors (Lipinski definition) is 1. The first kappa shape index (κ1) is 18.8. The SMILES string of the molecule is COc1ccccc1C1C(Cl)C(=O)N1Nc1nnc(Cn2nnc3ccccc32)s1. The van der Waals surface area contributed by atoms with Crippen molar-refractivity contribution < 1.29 is 9.53 Å². The van der Waals surface area contributed by atoms with Crippen molar-refractivity contribution in [3.05, 3.63) is 59.1 Å². The summed E-state index contributed by atoms with van der Waals surface area (Å²) in [5, 5.41) is 18.7. The Balaban J connectivity index is 1.34. The Kier molecular flexibility index (Phi) is 4.72. The van der Waals surface area contributed by atoms with Crippen LogP contribution >= 0.6 is 22.9 Å². The van der Waals surface area contributed by atoms with Crippen LogP contribution < -0.4 is 10.2 Å². The van der Waals surface area contributed by atoms with Crippen molar-refractivity contribution in [3.8, 4) is 5.75 Å². The van der Waals surface area contributed by atoms with E-state index in [4.69, 9.17) is 16.3 Å². The molecule has 2 unspecified atom stereocenters. The third-order valence-electron chi connectivity index (χ3n) is 4.87. The van der Waals surface area contributed by atoms with Crippen molar-refractivity contribution in [2.24, 2.45) is 0 Å². The van der Waals surface area contributed by atoms with Gasteiger partial charge < -0.3 is 4.74 Å². The summed E-state index contributed by atoms with van der Waals surface area (Å²) in [6.07, 6.45) is 0. The van der Waals surface area contributed by atoms with Crippen LogP contribution in [0.3, 0.4) is 0 Å². The lowest BCUT2D eigenvalue weighted by Gasteiger charge is -2.44. The summed E-state index contributed by atoms with van der Waals surface area (Å²) in [5.41, 5.74) is 5.60. The molecule has 0 spiro atoms. The number of anilines is 1. The average molecular weight is 442 g/mol. The second-order valence-electron chi connectivity index (χ2n) is 6.65. The Morgan fingerprint density at radius 1 is 1.13 bits per heavy atom. The molecule has 0 radical (unpaired) electrons. The molecule has 2 aromatic carbocycles. The predicted octanol–water partition coefficient (Wildman–Crippen LogP) is 2.86. The van der Waals surface area contributed by atoms with Gasteiger partial charge in [-0.25, -0.2) is 9.69 Å². The summed E-state index contributed by atoms with van der Waals surface area (Å²) >= 11 is 7.65. The smallest absolute Gasteiger partial charge is 0.262 e. The zero-order valence-electron chi connectivity index (χ0n) is 15.8. The van der Waals surface area contributed by atoms with Crippen molar-refractivity contribution in [1.29, 1.82) is 0 Å². The number of ether oxygens (including phenoxy) is 1. The number of fused-ring (bicyclic) bond motifs is 1. The summed E-state index contributed by atoms with van der Waals surface area (Å²) < 4.78 is 7.18. The summed E-state index contributed by atoms with van der Waals surface area (Å²) in [6.45, 7) is 0.432. The minimum atomic E-state index is -0.678. The number of carbonyl (C=O) groups is 1. The summed E-state index contributed by atoms with van der Waals surface area (Å²) in [4.78, 5) is 12.4. The van der Waals surface area contributed by atoms with Crippen molar-refractivity contribution >= 4 is 45.0 Å². The molecule has 9 nitrogen and oxygen atoms in total. The third kappa shape index (κ3) is 3.14. The van der Waals surface area contributed by atoms with E-state index in [0.29, 0.717) is 17.4 Å². The Bertz CT molecular complexity index is 1230. The number of aromatic nitrogens is 5. The fourth-order valence-electron chi connectivity index (χ4n) is 3.41. The minimum Gasteiger partial charge on any atom is -0.496 e. The van der Waals surface area contributed by atoms with Crippen molar-refractivity contribution in [3.63, 3.8) is 0 Å². The summed E-state index contributed by atoms with van der Waals surface area (Å²) in [7, 11) is 1.59. The molecule has 30 heavy (non-hydrogen) atoms. The number of carbonyl (C=O) groups excluding carboxylic acids is 1. The molecule has 0 saturated carbocycles. The molecule has 4 aromatic rings. The van der Waals surface area contributed by atoms with Crippen LogP contribution in [0, 0.1) is 0 Å². The quantitative estimate of drug-likeness (QED) is 0.363. The number of methoxy groups -OCH3 is 1. The molecule has 1 saturated heterocycles. The van der Waals surface area contributed by atoms with Crippen LogP contribution in [-0.4, -0.2) is 48.6 Å². The van der Waals surface area contributed by atoms with Gasteiger partial charge in [0.05, 0.1) is 19.2 Å². The highest BCUT2D eigenvalue weighted by Crippen LogP contribution is 2.42. The maximum Gasteiger partial charge on any atom is 0.262 e. The number of nitrogens with one attached hydrogen (secondary N) is 1. The maximum atomic E-state index is 12.4. The Morgan fingerprint density at radius 2 is 1.93 bits per heavy atom. The normalized spacial score (nSPS) is 18.5. The van der Waals surface area contributed by atoms with Crippen LogP contribution in [0.2, 0.25) is 0 Å². The largest absolute Gasteiger partial charge is 0.496 e. The number of hydrogen-bond acceptors (Lipinski definition) is 8. The molecule has 2 aromatic heterocycles.